The molecule has 25 heavy (non-hydrogen) atoms. The van der Waals surface area contributed by atoms with Crippen molar-refractivity contribution in [2.24, 2.45) is 0 Å². The van der Waals surface area contributed by atoms with Crippen molar-refractivity contribution in [1.29, 1.82) is 0 Å². The summed E-state index contributed by atoms with van der Waals surface area (Å²) in [5.41, 5.74) is 1.66. The van der Waals surface area contributed by atoms with Gasteiger partial charge in [-0.1, -0.05) is 12.1 Å². The fourth-order valence-electron chi connectivity index (χ4n) is 4.79. The van der Waals surface area contributed by atoms with Crippen LogP contribution >= 0.6 is 0 Å². The van der Waals surface area contributed by atoms with Gasteiger partial charge in [-0.3, -0.25) is 4.90 Å². The molecule has 0 radical (unpaired) electrons. The van der Waals surface area contributed by atoms with Crippen molar-refractivity contribution in [1.82, 2.24) is 10.2 Å². The van der Waals surface area contributed by atoms with Crippen LogP contribution < -0.4 is 10.1 Å². The highest BCUT2D eigenvalue weighted by Gasteiger charge is 2.40. The zero-order valence-electron chi connectivity index (χ0n) is 16.5. The van der Waals surface area contributed by atoms with E-state index in [9.17, 15) is 0 Å². The maximum Gasteiger partial charge on any atom is 0.119 e. The van der Waals surface area contributed by atoms with Crippen LogP contribution in [0.3, 0.4) is 0 Å². The molecule has 1 atom stereocenters. The van der Waals surface area contributed by atoms with Crippen LogP contribution in [0.2, 0.25) is 0 Å². The van der Waals surface area contributed by atoms with Crippen molar-refractivity contribution in [2.75, 3.05) is 26.8 Å². The van der Waals surface area contributed by atoms with E-state index in [-0.39, 0.29) is 17.2 Å². The van der Waals surface area contributed by atoms with Gasteiger partial charge < -0.3 is 14.8 Å². The Labute approximate surface area is 152 Å². The van der Waals surface area contributed by atoms with Crippen molar-refractivity contribution in [3.05, 3.63) is 29.8 Å². The van der Waals surface area contributed by atoms with Gasteiger partial charge in [-0.15, -0.1) is 0 Å². The minimum absolute atomic E-state index is 0.188. The highest BCUT2D eigenvalue weighted by atomic mass is 16.5. The number of nitrogens with zero attached hydrogens (tertiary/aromatic N) is 1. The van der Waals surface area contributed by atoms with E-state index in [0.717, 1.165) is 31.9 Å². The Bertz CT molecular complexity index is 569. The van der Waals surface area contributed by atoms with E-state index in [2.05, 4.69) is 56.1 Å². The Balaban J connectivity index is 1.64. The molecule has 2 aliphatic rings. The van der Waals surface area contributed by atoms with Gasteiger partial charge in [0.25, 0.3) is 0 Å². The smallest absolute Gasteiger partial charge is 0.119 e. The Morgan fingerprint density at radius 2 is 1.92 bits per heavy atom. The molecule has 0 unspecified atom stereocenters. The first-order valence-electron chi connectivity index (χ1n) is 9.54. The van der Waals surface area contributed by atoms with E-state index < -0.39 is 0 Å². The number of methoxy groups -OCH3 is 1. The van der Waals surface area contributed by atoms with Gasteiger partial charge in [0, 0.05) is 36.6 Å². The summed E-state index contributed by atoms with van der Waals surface area (Å²) in [7, 11) is 1.72. The molecule has 1 N–H and O–H groups in total. The summed E-state index contributed by atoms with van der Waals surface area (Å²) < 4.78 is 11.4. The second-order valence-electron chi connectivity index (χ2n) is 9.00. The molecule has 4 heteroatoms. The van der Waals surface area contributed by atoms with Gasteiger partial charge in [0.05, 0.1) is 19.8 Å². The third-order valence-electron chi connectivity index (χ3n) is 5.45. The van der Waals surface area contributed by atoms with E-state index in [1.807, 2.05) is 6.07 Å². The van der Waals surface area contributed by atoms with Crippen LogP contribution in [0.5, 0.6) is 5.75 Å². The quantitative estimate of drug-likeness (QED) is 0.907. The van der Waals surface area contributed by atoms with Crippen molar-refractivity contribution in [3.8, 4) is 5.75 Å². The Hall–Kier alpha value is -1.10. The number of piperidine rings is 1. The molecule has 0 saturated carbocycles. The highest BCUT2D eigenvalue weighted by molar-refractivity contribution is 5.28. The predicted molar refractivity (Wildman–Crippen MR) is 102 cm³/mol. The summed E-state index contributed by atoms with van der Waals surface area (Å²) in [5, 5.41) is 3.79. The predicted octanol–water partition coefficient (Wildman–Crippen LogP) is 3.25. The van der Waals surface area contributed by atoms with Crippen LogP contribution in [0.25, 0.3) is 0 Å². The third-order valence-corrected chi connectivity index (χ3v) is 5.45. The molecule has 2 aliphatic heterocycles. The normalized spacial score (nSPS) is 27.2. The molecular formula is C21H34N2O2. The van der Waals surface area contributed by atoms with E-state index in [0.29, 0.717) is 6.04 Å². The zero-order chi connectivity index (χ0) is 18.1. The first-order valence-corrected chi connectivity index (χ1v) is 9.54. The molecule has 1 aromatic rings. The third kappa shape index (κ3) is 4.96. The molecule has 140 valence electrons. The first-order chi connectivity index (χ1) is 11.8. The average molecular weight is 347 g/mol. The molecule has 2 fully saturated rings. The first kappa shape index (κ1) is 18.7. The number of morpholine rings is 1. The molecular weight excluding hydrogens is 312 g/mol. The Morgan fingerprint density at radius 1 is 1.20 bits per heavy atom. The lowest BCUT2D eigenvalue weighted by atomic mass is 9.79. The van der Waals surface area contributed by atoms with Crippen molar-refractivity contribution in [2.45, 2.75) is 70.2 Å². The summed E-state index contributed by atoms with van der Waals surface area (Å²) in [4.78, 5) is 2.67. The second-order valence-corrected chi connectivity index (χ2v) is 9.00. The fraction of sp³-hybridized carbons (Fsp3) is 0.714. The second kappa shape index (κ2) is 7.26. The molecule has 0 bridgehead atoms. The monoisotopic (exact) mass is 346 g/mol. The molecule has 0 aliphatic carbocycles. The summed E-state index contributed by atoms with van der Waals surface area (Å²) >= 11 is 0. The highest BCUT2D eigenvalue weighted by Crippen LogP contribution is 2.32. The van der Waals surface area contributed by atoms with Gasteiger partial charge in [0.2, 0.25) is 0 Å². The van der Waals surface area contributed by atoms with Gasteiger partial charge >= 0.3 is 0 Å². The summed E-state index contributed by atoms with van der Waals surface area (Å²) in [6.45, 7) is 12.2. The van der Waals surface area contributed by atoms with Crippen LogP contribution in [0, 0.1) is 0 Å². The lowest BCUT2D eigenvalue weighted by molar-refractivity contribution is -0.0591. The number of benzene rings is 1. The SMILES string of the molecule is COc1cccc(C[C@H]2CN(C3CC(C)(C)NC(C)(C)C3)CCO2)c1. The van der Waals surface area contributed by atoms with Crippen LogP contribution in [0.4, 0.5) is 0 Å². The van der Waals surface area contributed by atoms with E-state index >= 15 is 0 Å². The molecule has 0 amide bonds. The average Bonchev–Trinajstić information content (AvgIpc) is 2.52. The minimum atomic E-state index is 0.188. The van der Waals surface area contributed by atoms with E-state index in [4.69, 9.17) is 9.47 Å². The number of hydrogen-bond donors (Lipinski definition) is 1. The van der Waals surface area contributed by atoms with Crippen molar-refractivity contribution < 1.29 is 9.47 Å². The van der Waals surface area contributed by atoms with Gasteiger partial charge in [-0.25, -0.2) is 0 Å². The van der Waals surface area contributed by atoms with Gasteiger partial charge in [0.15, 0.2) is 0 Å². The van der Waals surface area contributed by atoms with Crippen LogP contribution in [0.1, 0.15) is 46.1 Å². The van der Waals surface area contributed by atoms with Crippen LogP contribution in [-0.4, -0.2) is 54.9 Å². The number of ether oxygens (including phenoxy) is 2. The van der Waals surface area contributed by atoms with Crippen molar-refractivity contribution >= 4 is 0 Å². The molecule has 3 rings (SSSR count). The number of rotatable bonds is 4. The molecule has 2 saturated heterocycles. The Morgan fingerprint density at radius 3 is 2.60 bits per heavy atom. The maximum absolute atomic E-state index is 6.08. The van der Waals surface area contributed by atoms with Gasteiger partial charge in [0.1, 0.15) is 5.75 Å². The molecule has 1 aromatic carbocycles. The molecule has 4 nitrogen and oxygen atoms in total. The summed E-state index contributed by atoms with van der Waals surface area (Å²) in [6, 6.07) is 8.98. The van der Waals surface area contributed by atoms with Crippen molar-refractivity contribution in [3.63, 3.8) is 0 Å². The molecule has 2 heterocycles. The van der Waals surface area contributed by atoms with E-state index in [1.165, 1.54) is 18.4 Å². The molecule has 0 aromatic heterocycles. The summed E-state index contributed by atoms with van der Waals surface area (Å²) in [5.74, 6) is 0.923. The standard InChI is InChI=1S/C21H34N2O2/c1-20(2)13-17(14-21(3,4)22-20)23-9-10-25-19(15-23)12-16-7-6-8-18(11-16)24-5/h6-8,11,17,19,22H,9-10,12-15H2,1-5H3/t19-/m0/s1. The lowest BCUT2D eigenvalue weighted by Crippen LogP contribution is -2.63. The van der Waals surface area contributed by atoms with Crippen LogP contribution in [0.15, 0.2) is 24.3 Å². The van der Waals surface area contributed by atoms with Gasteiger partial charge in [-0.05, 0) is 58.2 Å². The number of hydrogen-bond acceptors (Lipinski definition) is 4. The fourth-order valence-corrected chi connectivity index (χ4v) is 4.79. The van der Waals surface area contributed by atoms with Crippen LogP contribution in [-0.2, 0) is 11.2 Å². The summed E-state index contributed by atoms with van der Waals surface area (Å²) in [6.07, 6.45) is 3.61. The topological polar surface area (TPSA) is 33.7 Å². The van der Waals surface area contributed by atoms with E-state index in [1.54, 1.807) is 7.11 Å². The van der Waals surface area contributed by atoms with Gasteiger partial charge in [-0.2, -0.15) is 0 Å². The Kier molecular flexibility index (Phi) is 5.42. The largest absolute Gasteiger partial charge is 0.497 e. The molecule has 0 spiro atoms. The minimum Gasteiger partial charge on any atom is -0.497 e. The zero-order valence-corrected chi connectivity index (χ0v) is 16.5. The maximum atomic E-state index is 6.08. The number of nitrogens with one attached hydrogen (secondary N) is 1. The lowest BCUT2D eigenvalue weighted by Gasteiger charge is -2.51.